The van der Waals surface area contributed by atoms with E-state index in [2.05, 4.69) is 10.3 Å². The number of aliphatic hydroxyl groups excluding tert-OH is 1. The third kappa shape index (κ3) is 4.73. The Morgan fingerprint density at radius 1 is 1.11 bits per heavy atom. The zero-order valence-electron chi connectivity index (χ0n) is 19.4. The normalized spacial score (nSPS) is 15.3. The summed E-state index contributed by atoms with van der Waals surface area (Å²) in [5.74, 6) is -2.83. The van der Waals surface area contributed by atoms with Crippen molar-refractivity contribution in [3.05, 3.63) is 97.8 Å². The average molecular weight is 559 g/mol. The maximum Gasteiger partial charge on any atom is 0.257 e. The van der Waals surface area contributed by atoms with Gasteiger partial charge in [-0.05, 0) is 36.4 Å². The molecule has 4 aromatic rings. The van der Waals surface area contributed by atoms with Crippen LogP contribution in [0, 0.1) is 11.6 Å². The summed E-state index contributed by atoms with van der Waals surface area (Å²) in [7, 11) is 0. The van der Waals surface area contributed by atoms with E-state index in [4.69, 9.17) is 23.2 Å². The van der Waals surface area contributed by atoms with Crippen molar-refractivity contribution in [2.24, 2.45) is 0 Å². The van der Waals surface area contributed by atoms with Gasteiger partial charge < -0.3 is 10.4 Å². The quantitative estimate of drug-likeness (QED) is 0.385. The Kier molecular flexibility index (Phi) is 6.87. The molecule has 2 aromatic carbocycles. The minimum absolute atomic E-state index is 0.00240. The standard InChI is InChI=1S/C26H18Cl2F2N4O4/c27-18-2-1-3-19(28)16(18)10-31-26(38)17-12-33(21-6-4-13(29)8-20(21)30)25-15(24(17)37)5-7-22(32-25)34-11-14(35)9-23(34)36/h1-8,12,14,35H,9-11H2,(H,31,38)/t14-/m0/s1. The highest BCUT2D eigenvalue weighted by atomic mass is 35.5. The molecule has 1 saturated heterocycles. The van der Waals surface area contributed by atoms with Crippen molar-refractivity contribution in [3.8, 4) is 5.69 Å². The van der Waals surface area contributed by atoms with Crippen LogP contribution in [0.2, 0.25) is 10.0 Å². The van der Waals surface area contributed by atoms with Crippen molar-refractivity contribution in [3.63, 3.8) is 0 Å². The van der Waals surface area contributed by atoms with Crippen LogP contribution in [0.4, 0.5) is 14.6 Å². The molecule has 194 valence electrons. The second-order valence-corrected chi connectivity index (χ2v) is 9.44. The number of nitrogens with one attached hydrogen (secondary N) is 1. The van der Waals surface area contributed by atoms with Gasteiger partial charge in [0.2, 0.25) is 11.3 Å². The number of hydrogen-bond donors (Lipinski definition) is 2. The lowest BCUT2D eigenvalue weighted by Gasteiger charge is -2.18. The van der Waals surface area contributed by atoms with Gasteiger partial charge in [-0.1, -0.05) is 29.3 Å². The molecule has 0 unspecified atom stereocenters. The number of halogens is 4. The van der Waals surface area contributed by atoms with Gasteiger partial charge in [0.15, 0.2) is 5.65 Å². The predicted octanol–water partition coefficient (Wildman–Crippen LogP) is 4.00. The molecule has 5 rings (SSSR count). The number of nitrogens with zero attached hydrogens (tertiary/aromatic N) is 3. The van der Waals surface area contributed by atoms with Crippen LogP contribution < -0.4 is 15.6 Å². The Bertz CT molecular complexity index is 1660. The van der Waals surface area contributed by atoms with Crippen molar-refractivity contribution < 1.29 is 23.5 Å². The lowest BCUT2D eigenvalue weighted by molar-refractivity contribution is -0.117. The van der Waals surface area contributed by atoms with Gasteiger partial charge in [-0.2, -0.15) is 0 Å². The van der Waals surface area contributed by atoms with E-state index in [1.807, 2.05) is 0 Å². The lowest BCUT2D eigenvalue weighted by Crippen LogP contribution is -2.30. The van der Waals surface area contributed by atoms with Gasteiger partial charge in [0.05, 0.1) is 30.1 Å². The molecule has 0 bridgehead atoms. The van der Waals surface area contributed by atoms with E-state index in [9.17, 15) is 28.3 Å². The number of pyridine rings is 2. The summed E-state index contributed by atoms with van der Waals surface area (Å²) in [5, 5.41) is 13.0. The van der Waals surface area contributed by atoms with Gasteiger partial charge >= 0.3 is 0 Å². The smallest absolute Gasteiger partial charge is 0.257 e. The van der Waals surface area contributed by atoms with Gasteiger partial charge in [-0.3, -0.25) is 23.9 Å². The molecular formula is C26H18Cl2F2N4O4. The summed E-state index contributed by atoms with van der Waals surface area (Å²) in [4.78, 5) is 44.4. The molecule has 2 N–H and O–H groups in total. The Hall–Kier alpha value is -3.86. The van der Waals surface area contributed by atoms with E-state index in [-0.39, 0.29) is 53.5 Å². The number of aromatic nitrogens is 2. The molecule has 2 amide bonds. The molecule has 1 fully saturated rings. The van der Waals surface area contributed by atoms with E-state index in [1.165, 1.54) is 17.0 Å². The van der Waals surface area contributed by atoms with Crippen LogP contribution in [-0.2, 0) is 11.3 Å². The second kappa shape index (κ2) is 10.1. The number of hydrogen-bond acceptors (Lipinski definition) is 5. The average Bonchev–Trinajstić information content (AvgIpc) is 3.21. The first kappa shape index (κ1) is 25.8. The Balaban J connectivity index is 1.63. The largest absolute Gasteiger partial charge is 0.391 e. The summed E-state index contributed by atoms with van der Waals surface area (Å²) < 4.78 is 29.7. The number of aliphatic hydroxyl groups is 1. The van der Waals surface area contributed by atoms with E-state index >= 15 is 0 Å². The van der Waals surface area contributed by atoms with Crippen molar-refractivity contribution in [1.29, 1.82) is 0 Å². The monoisotopic (exact) mass is 558 g/mol. The maximum atomic E-state index is 14.9. The molecule has 2 aromatic heterocycles. The molecule has 38 heavy (non-hydrogen) atoms. The first-order valence-electron chi connectivity index (χ1n) is 11.4. The van der Waals surface area contributed by atoms with Gasteiger partial charge in [-0.25, -0.2) is 13.8 Å². The van der Waals surface area contributed by atoms with Crippen LogP contribution >= 0.6 is 23.2 Å². The predicted molar refractivity (Wildman–Crippen MR) is 138 cm³/mol. The molecule has 0 aliphatic carbocycles. The summed E-state index contributed by atoms with van der Waals surface area (Å²) >= 11 is 12.3. The third-order valence-corrected chi connectivity index (χ3v) is 6.83. The number of rotatable bonds is 5. The molecule has 12 heteroatoms. The van der Waals surface area contributed by atoms with Crippen LogP contribution in [-0.4, -0.2) is 39.1 Å². The number of amides is 2. The lowest BCUT2D eigenvalue weighted by atomic mass is 10.1. The molecule has 0 spiro atoms. The van der Waals surface area contributed by atoms with Gasteiger partial charge in [0, 0.05) is 34.4 Å². The third-order valence-electron chi connectivity index (χ3n) is 6.12. The first-order chi connectivity index (χ1) is 18.1. The van der Waals surface area contributed by atoms with E-state index < -0.39 is 29.1 Å². The van der Waals surface area contributed by atoms with Crippen molar-refractivity contribution in [1.82, 2.24) is 14.9 Å². The van der Waals surface area contributed by atoms with Gasteiger partial charge in [0.1, 0.15) is 23.0 Å². The number of carbonyl (C=O) groups excluding carboxylic acids is 2. The van der Waals surface area contributed by atoms with E-state index in [0.29, 0.717) is 21.7 Å². The molecule has 8 nitrogen and oxygen atoms in total. The highest BCUT2D eigenvalue weighted by molar-refractivity contribution is 6.36. The topological polar surface area (TPSA) is 105 Å². The maximum absolute atomic E-state index is 14.9. The van der Waals surface area contributed by atoms with Crippen LogP contribution in [0.3, 0.4) is 0 Å². The first-order valence-corrected chi connectivity index (χ1v) is 12.1. The molecule has 1 aliphatic heterocycles. The fourth-order valence-corrected chi connectivity index (χ4v) is 4.77. The minimum atomic E-state index is -0.968. The highest BCUT2D eigenvalue weighted by Crippen LogP contribution is 2.26. The number of β-amino-alcohol motifs (C(OH)–C–C–N with tert-alkyl or cyclic N) is 1. The fourth-order valence-electron chi connectivity index (χ4n) is 4.24. The summed E-state index contributed by atoms with van der Waals surface area (Å²) in [6.07, 6.45) is 0.129. The molecule has 1 atom stereocenters. The SMILES string of the molecule is O=C(NCc1c(Cl)cccc1Cl)c1cn(-c2ccc(F)cc2F)c2nc(N3C[C@@H](O)CC3=O)ccc2c1=O. The van der Waals surface area contributed by atoms with Crippen LogP contribution in [0.15, 0.2) is 59.5 Å². The van der Waals surface area contributed by atoms with E-state index in [1.54, 1.807) is 18.2 Å². The second-order valence-electron chi connectivity index (χ2n) is 8.62. The molecule has 1 aliphatic rings. The van der Waals surface area contributed by atoms with Crippen molar-refractivity contribution >= 4 is 51.9 Å². The minimum Gasteiger partial charge on any atom is -0.391 e. The molecular weight excluding hydrogens is 541 g/mol. The Morgan fingerprint density at radius 2 is 1.84 bits per heavy atom. The number of anilines is 1. The number of carbonyl (C=O) groups is 2. The summed E-state index contributed by atoms with van der Waals surface area (Å²) in [6.45, 7) is -0.0894. The molecule has 0 saturated carbocycles. The Morgan fingerprint density at radius 3 is 2.50 bits per heavy atom. The zero-order chi connectivity index (χ0) is 27.1. The van der Waals surface area contributed by atoms with Crippen molar-refractivity contribution in [2.75, 3.05) is 11.4 Å². The van der Waals surface area contributed by atoms with Gasteiger partial charge in [-0.15, -0.1) is 0 Å². The van der Waals surface area contributed by atoms with Crippen molar-refractivity contribution in [2.45, 2.75) is 19.1 Å². The molecule has 3 heterocycles. The van der Waals surface area contributed by atoms with Crippen LogP contribution in [0.5, 0.6) is 0 Å². The Labute approximate surface area is 224 Å². The summed E-state index contributed by atoms with van der Waals surface area (Å²) in [6, 6.07) is 10.4. The van der Waals surface area contributed by atoms with Crippen LogP contribution in [0.1, 0.15) is 22.3 Å². The van der Waals surface area contributed by atoms with Crippen LogP contribution in [0.25, 0.3) is 16.7 Å². The van der Waals surface area contributed by atoms with E-state index in [0.717, 1.165) is 22.9 Å². The zero-order valence-corrected chi connectivity index (χ0v) is 20.9. The number of fused-ring (bicyclic) bond motifs is 1. The molecule has 0 radical (unpaired) electrons. The van der Waals surface area contributed by atoms with Gasteiger partial charge in [0.25, 0.3) is 5.91 Å². The fraction of sp³-hybridized carbons (Fsp3) is 0.154. The number of benzene rings is 2. The summed E-state index contributed by atoms with van der Waals surface area (Å²) in [5.41, 5.74) is -0.853. The highest BCUT2D eigenvalue weighted by Gasteiger charge is 2.30.